The molecule has 0 aliphatic heterocycles. The maximum atomic E-state index is 13.5. The van der Waals surface area contributed by atoms with E-state index in [0.717, 1.165) is 27.4 Å². The third-order valence-corrected chi connectivity index (χ3v) is 7.08. The normalized spacial score (nSPS) is 10.9. The van der Waals surface area contributed by atoms with Gasteiger partial charge in [0, 0.05) is 22.4 Å². The van der Waals surface area contributed by atoms with Gasteiger partial charge in [0.15, 0.2) is 5.78 Å². The van der Waals surface area contributed by atoms with Crippen molar-refractivity contribution in [1.82, 2.24) is 14.8 Å². The summed E-state index contributed by atoms with van der Waals surface area (Å²) in [7, 11) is 0. The predicted molar refractivity (Wildman–Crippen MR) is 132 cm³/mol. The average molecular weight is 495 g/mol. The number of ketones is 1. The summed E-state index contributed by atoms with van der Waals surface area (Å²) in [5.74, 6) is 1.45. The Kier molecular flexibility index (Phi) is 6.81. The van der Waals surface area contributed by atoms with Crippen LogP contribution < -0.4 is 10.5 Å². The highest BCUT2D eigenvalue weighted by atomic mass is 35.5. The van der Waals surface area contributed by atoms with E-state index in [-0.39, 0.29) is 5.78 Å². The van der Waals surface area contributed by atoms with Gasteiger partial charge < -0.3 is 10.5 Å². The Morgan fingerprint density at radius 1 is 1.09 bits per heavy atom. The summed E-state index contributed by atoms with van der Waals surface area (Å²) in [5, 5.41) is 9.80. The van der Waals surface area contributed by atoms with Crippen molar-refractivity contribution in [3.8, 4) is 10.8 Å². The predicted octanol–water partition coefficient (Wildman–Crippen LogP) is 5.44. The minimum atomic E-state index is -0.886. The highest BCUT2D eigenvalue weighted by Gasteiger charge is 2.24. The monoisotopic (exact) mass is 494 g/mol. The summed E-state index contributed by atoms with van der Waals surface area (Å²) < 4.78 is 7.10. The van der Waals surface area contributed by atoms with Gasteiger partial charge >= 0.3 is 6.09 Å². The van der Waals surface area contributed by atoms with Gasteiger partial charge in [-0.1, -0.05) is 42.8 Å². The third kappa shape index (κ3) is 4.60. The number of rotatable bonds is 7. The Morgan fingerprint density at radius 2 is 1.85 bits per heavy atom. The molecule has 1 amide bonds. The van der Waals surface area contributed by atoms with Gasteiger partial charge in [0.1, 0.15) is 22.4 Å². The molecule has 0 spiro atoms. The van der Waals surface area contributed by atoms with Crippen molar-refractivity contribution < 1.29 is 14.3 Å². The minimum Gasteiger partial charge on any atom is -0.410 e. The van der Waals surface area contributed by atoms with Crippen LogP contribution in [-0.4, -0.2) is 26.6 Å². The Bertz CT molecular complexity index is 1390. The molecule has 7 nitrogen and oxygen atoms in total. The van der Waals surface area contributed by atoms with Crippen LogP contribution in [0.2, 0.25) is 5.02 Å². The molecule has 2 aromatic carbocycles. The first-order valence-electron chi connectivity index (χ1n) is 10.7. The first kappa shape index (κ1) is 23.7. The molecule has 0 unspecified atom stereocenters. The zero-order valence-corrected chi connectivity index (χ0v) is 20.5. The number of amides is 1. The van der Waals surface area contributed by atoms with Crippen molar-refractivity contribution in [3.05, 3.63) is 92.3 Å². The number of hydrogen-bond donors (Lipinski definition) is 1. The first-order chi connectivity index (χ1) is 16.3. The van der Waals surface area contributed by atoms with Crippen LogP contribution in [0.3, 0.4) is 0 Å². The van der Waals surface area contributed by atoms with Gasteiger partial charge in [0.2, 0.25) is 0 Å². The topological polar surface area (TPSA) is 100 Å². The van der Waals surface area contributed by atoms with E-state index in [1.165, 1.54) is 11.3 Å². The minimum absolute atomic E-state index is 0.163. The van der Waals surface area contributed by atoms with E-state index in [4.69, 9.17) is 22.1 Å². The zero-order valence-electron chi connectivity index (χ0n) is 19.0. The van der Waals surface area contributed by atoms with E-state index in [1.54, 1.807) is 36.4 Å². The van der Waals surface area contributed by atoms with Gasteiger partial charge in [-0.2, -0.15) is 0 Å². The molecule has 0 radical (unpaired) electrons. The van der Waals surface area contributed by atoms with E-state index in [2.05, 4.69) is 10.2 Å². The van der Waals surface area contributed by atoms with Crippen LogP contribution in [0, 0.1) is 13.8 Å². The number of ether oxygens (including phenoxy) is 1. The lowest BCUT2D eigenvalue weighted by molar-refractivity contribution is 0.103. The van der Waals surface area contributed by atoms with Gasteiger partial charge in [-0.05, 0) is 50.1 Å². The van der Waals surface area contributed by atoms with Crippen LogP contribution in [0.15, 0.2) is 48.5 Å². The largest absolute Gasteiger partial charge is 0.410 e. The third-order valence-electron chi connectivity index (χ3n) is 5.48. The van der Waals surface area contributed by atoms with Crippen LogP contribution in [-0.2, 0) is 12.8 Å². The second-order valence-corrected chi connectivity index (χ2v) is 9.26. The van der Waals surface area contributed by atoms with Crippen molar-refractivity contribution >= 4 is 34.8 Å². The molecule has 0 aliphatic rings. The van der Waals surface area contributed by atoms with Crippen molar-refractivity contribution in [2.45, 2.75) is 33.6 Å². The molecule has 174 valence electrons. The molecule has 4 rings (SSSR count). The standard InChI is InChI=1S/C25H23ClN4O3S/c1-4-16-12-19(23(31)17-9-5-6-10-20(17)26)24(34-16)30-15(3)28-29-22(30)13-18-14(2)8-7-11-21(18)33-25(27)32/h5-12H,4,13H2,1-3H3,(H2,27,32). The summed E-state index contributed by atoms with van der Waals surface area (Å²) >= 11 is 7.85. The van der Waals surface area contributed by atoms with Crippen molar-refractivity contribution in [2.24, 2.45) is 5.73 Å². The lowest BCUT2D eigenvalue weighted by Crippen LogP contribution is -2.18. The highest BCUT2D eigenvalue weighted by molar-refractivity contribution is 7.15. The van der Waals surface area contributed by atoms with Gasteiger partial charge in [-0.15, -0.1) is 21.5 Å². The fourth-order valence-electron chi connectivity index (χ4n) is 3.77. The smallest absolute Gasteiger partial charge is 0.409 e. The van der Waals surface area contributed by atoms with Crippen LogP contribution in [0.1, 0.15) is 50.5 Å². The molecule has 0 aliphatic carbocycles. The number of nitrogens with zero attached hydrogens (tertiary/aromatic N) is 3. The molecule has 0 atom stereocenters. The van der Waals surface area contributed by atoms with E-state index >= 15 is 0 Å². The van der Waals surface area contributed by atoms with E-state index in [0.29, 0.717) is 40.0 Å². The van der Waals surface area contributed by atoms with Crippen molar-refractivity contribution in [2.75, 3.05) is 0 Å². The molecule has 9 heteroatoms. The highest BCUT2D eigenvalue weighted by Crippen LogP contribution is 2.33. The molecule has 4 aromatic rings. The fraction of sp³-hybridized carbons (Fsp3) is 0.200. The number of hydrogen-bond acceptors (Lipinski definition) is 6. The number of aromatic nitrogens is 3. The summed E-state index contributed by atoms with van der Waals surface area (Å²) in [4.78, 5) is 26.0. The molecular formula is C25H23ClN4O3S. The molecule has 34 heavy (non-hydrogen) atoms. The van der Waals surface area contributed by atoms with Gasteiger partial charge in [-0.3, -0.25) is 9.36 Å². The average Bonchev–Trinajstić information content (AvgIpc) is 3.38. The molecule has 0 saturated heterocycles. The van der Waals surface area contributed by atoms with Gasteiger partial charge in [0.25, 0.3) is 0 Å². The van der Waals surface area contributed by atoms with Crippen molar-refractivity contribution in [1.29, 1.82) is 0 Å². The summed E-state index contributed by atoms with van der Waals surface area (Å²) in [6.45, 7) is 5.80. The van der Waals surface area contributed by atoms with Crippen LogP contribution in [0.4, 0.5) is 4.79 Å². The van der Waals surface area contributed by atoms with Crippen LogP contribution in [0.25, 0.3) is 5.00 Å². The molecule has 2 aromatic heterocycles. The fourth-order valence-corrected chi connectivity index (χ4v) is 5.16. The number of benzene rings is 2. The number of halogens is 1. The maximum absolute atomic E-state index is 13.5. The number of carbonyl (C=O) groups excluding carboxylic acids is 2. The summed E-state index contributed by atoms with van der Waals surface area (Å²) in [6.07, 6.45) is 0.219. The van der Waals surface area contributed by atoms with E-state index < -0.39 is 6.09 Å². The summed E-state index contributed by atoms with van der Waals surface area (Å²) in [5.41, 5.74) is 7.92. The number of primary amides is 1. The molecule has 0 fully saturated rings. The molecule has 0 bridgehead atoms. The number of carbonyl (C=O) groups is 2. The Morgan fingerprint density at radius 3 is 2.56 bits per heavy atom. The van der Waals surface area contributed by atoms with Gasteiger partial charge in [-0.25, -0.2) is 4.79 Å². The Labute approximate surface area is 206 Å². The van der Waals surface area contributed by atoms with Crippen LogP contribution in [0.5, 0.6) is 5.75 Å². The first-order valence-corrected chi connectivity index (χ1v) is 11.9. The molecule has 2 heterocycles. The number of thiophene rings is 1. The number of nitrogens with two attached hydrogens (primary N) is 1. The summed E-state index contributed by atoms with van der Waals surface area (Å²) in [6, 6.07) is 14.3. The number of aryl methyl sites for hydroxylation is 3. The Balaban J connectivity index is 1.83. The van der Waals surface area contributed by atoms with Crippen LogP contribution >= 0.6 is 22.9 Å². The molecular weight excluding hydrogens is 472 g/mol. The SMILES string of the molecule is CCc1cc(C(=O)c2ccccc2Cl)c(-n2c(C)nnc2Cc2c(C)cccc2OC(N)=O)s1. The molecule has 0 saturated carbocycles. The second kappa shape index (κ2) is 9.79. The second-order valence-electron chi connectivity index (χ2n) is 7.74. The Hall–Kier alpha value is -3.49. The molecule has 2 N–H and O–H groups in total. The zero-order chi connectivity index (χ0) is 24.4. The lowest BCUT2D eigenvalue weighted by Gasteiger charge is -2.13. The van der Waals surface area contributed by atoms with E-state index in [1.807, 2.05) is 37.5 Å². The maximum Gasteiger partial charge on any atom is 0.409 e. The van der Waals surface area contributed by atoms with Gasteiger partial charge in [0.05, 0.1) is 10.6 Å². The van der Waals surface area contributed by atoms with Crippen molar-refractivity contribution in [3.63, 3.8) is 0 Å². The van der Waals surface area contributed by atoms with E-state index in [9.17, 15) is 9.59 Å². The lowest BCUT2D eigenvalue weighted by atomic mass is 10.0. The quantitative estimate of drug-likeness (QED) is 0.345.